The van der Waals surface area contributed by atoms with E-state index in [1.54, 1.807) is 13.3 Å². The predicted octanol–water partition coefficient (Wildman–Crippen LogP) is 2.65. The first-order valence-electron chi connectivity index (χ1n) is 5.08. The molecule has 1 heterocycles. The number of aromatic nitrogens is 1. The van der Waals surface area contributed by atoms with Crippen LogP contribution in [0.2, 0.25) is 0 Å². The molecule has 0 bridgehead atoms. The number of pyridine rings is 1. The fourth-order valence-corrected chi connectivity index (χ4v) is 1.57. The molecule has 0 spiro atoms. The lowest BCUT2D eigenvalue weighted by atomic mass is 10.1. The van der Waals surface area contributed by atoms with Crippen LogP contribution in [0.5, 0.6) is 5.75 Å². The summed E-state index contributed by atoms with van der Waals surface area (Å²) in [5.74, 6) is 0.806. The van der Waals surface area contributed by atoms with Gasteiger partial charge >= 0.3 is 0 Å². The van der Waals surface area contributed by atoms with Crippen molar-refractivity contribution >= 4 is 5.69 Å². The average molecular weight is 214 g/mol. The maximum atomic E-state index is 6.00. The quantitative estimate of drug-likeness (QED) is 0.836. The summed E-state index contributed by atoms with van der Waals surface area (Å²) in [5, 5.41) is 0. The molecule has 3 heteroatoms. The summed E-state index contributed by atoms with van der Waals surface area (Å²) in [6.07, 6.45) is 1.76. The van der Waals surface area contributed by atoms with Gasteiger partial charge in [0.1, 0.15) is 5.75 Å². The van der Waals surface area contributed by atoms with Crippen molar-refractivity contribution in [3.8, 4) is 17.0 Å². The van der Waals surface area contributed by atoms with Gasteiger partial charge in [0.05, 0.1) is 18.5 Å². The number of hydrogen-bond acceptors (Lipinski definition) is 3. The Hall–Kier alpha value is -2.03. The van der Waals surface area contributed by atoms with Gasteiger partial charge < -0.3 is 10.5 Å². The first-order valence-corrected chi connectivity index (χ1v) is 5.08. The Labute approximate surface area is 94.9 Å². The summed E-state index contributed by atoms with van der Waals surface area (Å²) in [7, 11) is 1.64. The van der Waals surface area contributed by atoms with Crippen molar-refractivity contribution in [1.82, 2.24) is 4.98 Å². The fourth-order valence-electron chi connectivity index (χ4n) is 1.57. The van der Waals surface area contributed by atoms with Gasteiger partial charge in [0.2, 0.25) is 0 Å². The molecule has 0 fully saturated rings. The minimum absolute atomic E-state index is 0.718. The van der Waals surface area contributed by atoms with E-state index in [-0.39, 0.29) is 0 Å². The second-order valence-electron chi connectivity index (χ2n) is 3.62. The number of anilines is 1. The summed E-state index contributed by atoms with van der Waals surface area (Å²) in [6.45, 7) is 1.97. The molecule has 0 atom stereocenters. The molecule has 82 valence electrons. The molecule has 16 heavy (non-hydrogen) atoms. The number of rotatable bonds is 2. The van der Waals surface area contributed by atoms with Crippen molar-refractivity contribution in [1.29, 1.82) is 0 Å². The summed E-state index contributed by atoms with van der Waals surface area (Å²) in [4.78, 5) is 4.30. The van der Waals surface area contributed by atoms with Gasteiger partial charge in [-0.1, -0.05) is 12.1 Å². The molecule has 0 unspecified atom stereocenters. The number of nitrogens with zero attached hydrogens (tertiary/aromatic N) is 1. The van der Waals surface area contributed by atoms with Gasteiger partial charge in [0, 0.05) is 11.8 Å². The van der Waals surface area contributed by atoms with E-state index in [9.17, 15) is 0 Å². The van der Waals surface area contributed by atoms with Crippen LogP contribution in [0.15, 0.2) is 36.5 Å². The van der Waals surface area contributed by atoms with Gasteiger partial charge in [0.25, 0.3) is 0 Å². The molecule has 0 saturated heterocycles. The molecule has 0 saturated carbocycles. The molecule has 2 rings (SSSR count). The van der Waals surface area contributed by atoms with E-state index in [2.05, 4.69) is 4.98 Å². The average Bonchev–Trinajstić information content (AvgIpc) is 2.33. The highest BCUT2D eigenvalue weighted by Crippen LogP contribution is 2.28. The molecule has 1 aromatic heterocycles. The lowest BCUT2D eigenvalue weighted by Gasteiger charge is -2.08. The van der Waals surface area contributed by atoms with E-state index in [4.69, 9.17) is 10.5 Å². The molecule has 0 aliphatic carbocycles. The summed E-state index contributed by atoms with van der Waals surface area (Å²) < 4.78 is 5.18. The van der Waals surface area contributed by atoms with Crippen LogP contribution < -0.4 is 10.5 Å². The van der Waals surface area contributed by atoms with Crippen LogP contribution in [0.1, 0.15) is 5.56 Å². The lowest BCUT2D eigenvalue weighted by molar-refractivity contribution is 0.415. The molecule has 2 aromatic rings. The van der Waals surface area contributed by atoms with Crippen LogP contribution in [-0.2, 0) is 0 Å². The Kier molecular flexibility index (Phi) is 2.77. The predicted molar refractivity (Wildman–Crippen MR) is 65.4 cm³/mol. The Bertz CT molecular complexity index is 509. The monoisotopic (exact) mass is 214 g/mol. The molecule has 3 nitrogen and oxygen atoms in total. The number of hydrogen-bond donors (Lipinski definition) is 1. The molecule has 0 radical (unpaired) electrons. The van der Waals surface area contributed by atoms with E-state index in [0.29, 0.717) is 0 Å². The maximum absolute atomic E-state index is 6.00. The van der Waals surface area contributed by atoms with Gasteiger partial charge in [-0.3, -0.25) is 4.98 Å². The second-order valence-corrected chi connectivity index (χ2v) is 3.62. The van der Waals surface area contributed by atoms with Crippen LogP contribution in [0.3, 0.4) is 0 Å². The zero-order valence-corrected chi connectivity index (χ0v) is 9.40. The van der Waals surface area contributed by atoms with Crippen molar-refractivity contribution in [3.63, 3.8) is 0 Å². The second kappa shape index (κ2) is 4.23. The number of nitrogens with two attached hydrogens (primary N) is 1. The highest BCUT2D eigenvalue weighted by molar-refractivity contribution is 5.75. The number of aryl methyl sites for hydroxylation is 1. The van der Waals surface area contributed by atoms with Crippen LogP contribution >= 0.6 is 0 Å². The zero-order chi connectivity index (χ0) is 11.5. The molecular formula is C13H14N2O. The van der Waals surface area contributed by atoms with Crippen molar-refractivity contribution < 1.29 is 4.74 Å². The van der Waals surface area contributed by atoms with E-state index in [0.717, 1.165) is 28.3 Å². The molecular weight excluding hydrogens is 200 g/mol. The van der Waals surface area contributed by atoms with Gasteiger partial charge in [0.15, 0.2) is 0 Å². The Morgan fingerprint density at radius 1 is 1.25 bits per heavy atom. The highest BCUT2D eigenvalue weighted by Gasteiger charge is 2.06. The van der Waals surface area contributed by atoms with Gasteiger partial charge in [-0.2, -0.15) is 0 Å². The first-order chi connectivity index (χ1) is 7.72. The van der Waals surface area contributed by atoms with Crippen molar-refractivity contribution in [2.24, 2.45) is 0 Å². The van der Waals surface area contributed by atoms with E-state index < -0.39 is 0 Å². The van der Waals surface area contributed by atoms with Crippen LogP contribution in [0.25, 0.3) is 11.3 Å². The maximum Gasteiger partial charge on any atom is 0.119 e. The van der Waals surface area contributed by atoms with Gasteiger partial charge in [-0.05, 0) is 30.7 Å². The topological polar surface area (TPSA) is 48.1 Å². The molecule has 2 N–H and O–H groups in total. The van der Waals surface area contributed by atoms with E-state index in [1.165, 1.54) is 0 Å². The first kappa shape index (κ1) is 10.5. The van der Waals surface area contributed by atoms with Crippen LogP contribution in [0.4, 0.5) is 5.69 Å². The minimum Gasteiger partial charge on any atom is -0.497 e. The summed E-state index contributed by atoms with van der Waals surface area (Å²) in [6, 6.07) is 9.63. The number of methoxy groups -OCH3 is 1. The summed E-state index contributed by atoms with van der Waals surface area (Å²) >= 11 is 0. The van der Waals surface area contributed by atoms with Crippen molar-refractivity contribution in [3.05, 3.63) is 42.1 Å². The third kappa shape index (κ3) is 1.84. The van der Waals surface area contributed by atoms with E-state index in [1.807, 2.05) is 37.3 Å². The molecule has 0 aliphatic heterocycles. The Morgan fingerprint density at radius 3 is 2.81 bits per heavy atom. The molecule has 0 aliphatic rings. The van der Waals surface area contributed by atoms with Gasteiger partial charge in [-0.15, -0.1) is 0 Å². The highest BCUT2D eigenvalue weighted by atomic mass is 16.5. The minimum atomic E-state index is 0.718. The third-order valence-corrected chi connectivity index (χ3v) is 2.55. The fraction of sp³-hybridized carbons (Fsp3) is 0.154. The summed E-state index contributed by atoms with van der Waals surface area (Å²) in [5.41, 5.74) is 9.53. The zero-order valence-electron chi connectivity index (χ0n) is 9.40. The smallest absolute Gasteiger partial charge is 0.119 e. The number of ether oxygens (including phenoxy) is 1. The SMILES string of the molecule is COc1cccc(-c2nccc(C)c2N)c1. The lowest BCUT2D eigenvalue weighted by Crippen LogP contribution is -1.96. The van der Waals surface area contributed by atoms with Crippen LogP contribution in [-0.4, -0.2) is 12.1 Å². The van der Waals surface area contributed by atoms with Gasteiger partial charge in [-0.25, -0.2) is 0 Å². The van der Waals surface area contributed by atoms with Crippen molar-refractivity contribution in [2.45, 2.75) is 6.92 Å². The number of nitrogen functional groups attached to an aromatic ring is 1. The normalized spacial score (nSPS) is 10.1. The third-order valence-electron chi connectivity index (χ3n) is 2.55. The molecule has 0 amide bonds. The standard InChI is InChI=1S/C13H14N2O/c1-9-6-7-15-13(12(9)14)10-4-3-5-11(8-10)16-2/h3-8H,14H2,1-2H3. The Morgan fingerprint density at radius 2 is 2.06 bits per heavy atom. The van der Waals surface area contributed by atoms with Crippen LogP contribution in [0, 0.1) is 6.92 Å². The van der Waals surface area contributed by atoms with Crippen molar-refractivity contribution in [2.75, 3.05) is 12.8 Å². The largest absolute Gasteiger partial charge is 0.497 e. The van der Waals surface area contributed by atoms with E-state index >= 15 is 0 Å². The Balaban J connectivity index is 2.54. The number of benzene rings is 1. The molecule has 1 aromatic carbocycles.